The number of hydrogen-bond donors (Lipinski definition) is 3. The molecule has 0 aliphatic heterocycles. The van der Waals surface area contributed by atoms with E-state index in [1.165, 1.54) is 24.3 Å². The third-order valence-corrected chi connectivity index (χ3v) is 4.50. The van der Waals surface area contributed by atoms with Gasteiger partial charge in [-0.15, -0.1) is 0 Å². The summed E-state index contributed by atoms with van der Waals surface area (Å²) in [6, 6.07) is 21.2. The zero-order chi connectivity index (χ0) is 20.6. The Balaban J connectivity index is 1.54. The number of nitrogens with one attached hydrogen (secondary N) is 3. The Morgan fingerprint density at radius 3 is 1.76 bits per heavy atom. The molecule has 0 aromatic heterocycles. The summed E-state index contributed by atoms with van der Waals surface area (Å²) >= 11 is 0.425. The Morgan fingerprint density at radius 2 is 1.21 bits per heavy atom. The van der Waals surface area contributed by atoms with Gasteiger partial charge in [-0.1, -0.05) is 30.0 Å². The van der Waals surface area contributed by atoms with Crippen LogP contribution >= 0.6 is 11.8 Å². The molecule has 3 aromatic rings. The van der Waals surface area contributed by atoms with Crippen LogP contribution in [-0.4, -0.2) is 17.7 Å². The van der Waals surface area contributed by atoms with Crippen LogP contribution in [0.5, 0.6) is 0 Å². The molecule has 3 N–H and O–H groups in total. The van der Waals surface area contributed by atoms with Gasteiger partial charge in [0.1, 0.15) is 0 Å². The number of carbonyl (C=O) groups excluding carboxylic acids is 2. The first-order valence-electron chi connectivity index (χ1n) is 8.59. The summed E-state index contributed by atoms with van der Waals surface area (Å²) in [7, 11) is 0. The molecule has 0 unspecified atom stereocenters. The van der Waals surface area contributed by atoms with Crippen molar-refractivity contribution in [1.82, 2.24) is 0 Å². The van der Waals surface area contributed by atoms with E-state index < -0.39 is 5.76 Å². The first kappa shape index (κ1) is 20.3. The lowest BCUT2D eigenvalue weighted by atomic mass is 10.2. The summed E-state index contributed by atoms with van der Waals surface area (Å²) in [6.45, 7) is 0. The molecule has 0 aliphatic rings. The molecule has 5 nitrogen and oxygen atoms in total. The fourth-order valence-corrected chi connectivity index (χ4v) is 2.94. The normalized spacial score (nSPS) is 10.4. The van der Waals surface area contributed by atoms with Gasteiger partial charge in [-0.3, -0.25) is 4.79 Å². The van der Waals surface area contributed by atoms with Crippen molar-refractivity contribution in [2.24, 2.45) is 0 Å². The number of amides is 3. The third kappa shape index (κ3) is 6.32. The van der Waals surface area contributed by atoms with Gasteiger partial charge >= 0.3 is 6.03 Å². The molecule has 8 heteroatoms. The van der Waals surface area contributed by atoms with Gasteiger partial charge in [-0.25, -0.2) is 4.79 Å². The Bertz CT molecular complexity index is 965. The highest BCUT2D eigenvalue weighted by Gasteiger charge is 2.09. The fraction of sp³-hybridized carbons (Fsp3) is 0.0476. The van der Waals surface area contributed by atoms with Crippen LogP contribution in [0.25, 0.3) is 0 Å². The van der Waals surface area contributed by atoms with Gasteiger partial charge in [-0.2, -0.15) is 8.78 Å². The third-order valence-electron chi connectivity index (χ3n) is 3.77. The van der Waals surface area contributed by atoms with Gasteiger partial charge < -0.3 is 16.0 Å². The average Bonchev–Trinajstić information content (AvgIpc) is 2.70. The van der Waals surface area contributed by atoms with E-state index in [-0.39, 0.29) is 11.9 Å². The van der Waals surface area contributed by atoms with Crippen LogP contribution < -0.4 is 16.0 Å². The van der Waals surface area contributed by atoms with E-state index in [9.17, 15) is 18.4 Å². The maximum Gasteiger partial charge on any atom is 0.323 e. The van der Waals surface area contributed by atoms with Gasteiger partial charge in [0.2, 0.25) is 0 Å². The number of carbonyl (C=O) groups is 2. The summed E-state index contributed by atoms with van der Waals surface area (Å²) < 4.78 is 24.7. The predicted octanol–water partition coefficient (Wildman–Crippen LogP) is 5.90. The summed E-state index contributed by atoms with van der Waals surface area (Å²) in [6.07, 6.45) is 0. The number of hydrogen-bond acceptors (Lipinski definition) is 3. The molecule has 0 fully saturated rings. The standard InChI is InChI=1S/C21H17F2N3O2S/c22-20(23)29-18-12-6-14(7-13-18)19(27)24-16-8-10-17(11-9-16)26-21(28)25-15-4-2-1-3-5-15/h1-13,20H,(H,24,27)(H2,25,26,28). The minimum Gasteiger partial charge on any atom is -0.322 e. The zero-order valence-corrected chi connectivity index (χ0v) is 15.9. The van der Waals surface area contributed by atoms with E-state index in [1.807, 2.05) is 18.2 Å². The lowest BCUT2D eigenvalue weighted by Crippen LogP contribution is -2.19. The highest BCUT2D eigenvalue weighted by atomic mass is 32.2. The largest absolute Gasteiger partial charge is 0.323 e. The van der Waals surface area contributed by atoms with Crippen LogP contribution in [0.2, 0.25) is 0 Å². The molecule has 0 aliphatic carbocycles. The van der Waals surface area contributed by atoms with Crippen LogP contribution in [0.3, 0.4) is 0 Å². The zero-order valence-electron chi connectivity index (χ0n) is 15.1. The number of alkyl halides is 2. The maximum atomic E-state index is 12.3. The first-order chi connectivity index (χ1) is 14.0. The van der Waals surface area contributed by atoms with E-state index in [1.54, 1.807) is 36.4 Å². The number of para-hydroxylation sites is 1. The molecule has 0 heterocycles. The molecule has 29 heavy (non-hydrogen) atoms. The smallest absolute Gasteiger partial charge is 0.322 e. The second-order valence-corrected chi connectivity index (χ2v) is 6.94. The van der Waals surface area contributed by atoms with E-state index in [4.69, 9.17) is 0 Å². The highest BCUT2D eigenvalue weighted by Crippen LogP contribution is 2.25. The molecule has 0 atom stereocenters. The average molecular weight is 413 g/mol. The molecule has 3 rings (SSSR count). The van der Waals surface area contributed by atoms with Crippen molar-refractivity contribution in [2.75, 3.05) is 16.0 Å². The Kier molecular flexibility index (Phi) is 6.80. The topological polar surface area (TPSA) is 70.2 Å². The number of benzene rings is 3. The molecular formula is C21H17F2N3O2S. The molecule has 0 bridgehead atoms. The Hall–Kier alpha value is -3.39. The first-order valence-corrected chi connectivity index (χ1v) is 9.47. The van der Waals surface area contributed by atoms with Crippen LogP contribution in [0.1, 0.15) is 10.4 Å². The lowest BCUT2D eigenvalue weighted by Gasteiger charge is -2.09. The molecule has 3 amide bonds. The molecule has 0 saturated heterocycles. The van der Waals surface area contributed by atoms with Crippen molar-refractivity contribution < 1.29 is 18.4 Å². The molecule has 0 saturated carbocycles. The van der Waals surface area contributed by atoms with Crippen molar-refractivity contribution >= 4 is 40.8 Å². The van der Waals surface area contributed by atoms with Crippen LogP contribution in [0, 0.1) is 0 Å². The Morgan fingerprint density at radius 1 is 0.690 bits per heavy atom. The van der Waals surface area contributed by atoms with Gasteiger partial charge in [-0.05, 0) is 60.7 Å². The molecule has 3 aromatic carbocycles. The highest BCUT2D eigenvalue weighted by molar-refractivity contribution is 7.99. The van der Waals surface area contributed by atoms with Gasteiger partial charge in [0.25, 0.3) is 11.7 Å². The minimum atomic E-state index is -2.50. The van der Waals surface area contributed by atoms with Crippen LogP contribution in [0.4, 0.5) is 30.6 Å². The van der Waals surface area contributed by atoms with Crippen molar-refractivity contribution in [2.45, 2.75) is 10.7 Å². The van der Waals surface area contributed by atoms with Gasteiger partial charge in [0, 0.05) is 27.5 Å². The number of urea groups is 1. The monoisotopic (exact) mass is 413 g/mol. The van der Waals surface area contributed by atoms with E-state index in [0.717, 1.165) is 0 Å². The number of anilines is 3. The summed E-state index contributed by atoms with van der Waals surface area (Å²) in [5.74, 6) is -2.86. The fourth-order valence-electron chi connectivity index (χ4n) is 2.44. The molecule has 0 radical (unpaired) electrons. The summed E-state index contributed by atoms with van der Waals surface area (Å²) in [5, 5.41) is 8.12. The number of halogens is 2. The Labute approximate surface area is 170 Å². The summed E-state index contributed by atoms with van der Waals surface area (Å²) in [5.41, 5.74) is 2.12. The quantitative estimate of drug-likeness (QED) is 0.441. The second kappa shape index (κ2) is 9.70. The minimum absolute atomic E-state index is 0.355. The van der Waals surface area contributed by atoms with E-state index >= 15 is 0 Å². The van der Waals surface area contributed by atoms with Crippen molar-refractivity contribution in [3.63, 3.8) is 0 Å². The van der Waals surface area contributed by atoms with Crippen LogP contribution in [-0.2, 0) is 0 Å². The van der Waals surface area contributed by atoms with Crippen molar-refractivity contribution in [3.05, 3.63) is 84.4 Å². The van der Waals surface area contributed by atoms with Gasteiger partial charge in [0.15, 0.2) is 0 Å². The van der Waals surface area contributed by atoms with Gasteiger partial charge in [0.05, 0.1) is 0 Å². The van der Waals surface area contributed by atoms with Crippen LogP contribution in [0.15, 0.2) is 83.8 Å². The van der Waals surface area contributed by atoms with E-state index in [2.05, 4.69) is 16.0 Å². The maximum absolute atomic E-state index is 12.3. The molecular weight excluding hydrogens is 396 g/mol. The predicted molar refractivity (Wildman–Crippen MR) is 112 cm³/mol. The van der Waals surface area contributed by atoms with E-state index in [0.29, 0.717) is 39.3 Å². The second-order valence-electron chi connectivity index (χ2n) is 5.88. The lowest BCUT2D eigenvalue weighted by molar-refractivity contribution is 0.102. The number of rotatable bonds is 6. The van der Waals surface area contributed by atoms with Crippen molar-refractivity contribution in [1.29, 1.82) is 0 Å². The number of thioether (sulfide) groups is 1. The summed E-state index contributed by atoms with van der Waals surface area (Å²) in [4.78, 5) is 24.6. The molecule has 0 spiro atoms. The SMILES string of the molecule is O=C(Nc1ccccc1)Nc1ccc(NC(=O)c2ccc(SC(F)F)cc2)cc1. The van der Waals surface area contributed by atoms with Crippen molar-refractivity contribution in [3.8, 4) is 0 Å². The molecule has 148 valence electrons.